The molecule has 0 saturated heterocycles. The minimum absolute atomic E-state index is 0.231. The predicted molar refractivity (Wildman–Crippen MR) is 51.1 cm³/mol. The molecular weight excluding hydrogens is 190 g/mol. The molecule has 0 aliphatic rings. The second-order valence-electron chi connectivity index (χ2n) is 2.53. The third kappa shape index (κ3) is 2.56. The van der Waals surface area contributed by atoms with Gasteiger partial charge in [-0.05, 0) is 18.2 Å². The number of carbonyl (C=O) groups excluding carboxylic acids is 2. The number of aldehydes is 1. The lowest BCUT2D eigenvalue weighted by molar-refractivity contribution is -0.114. The van der Waals surface area contributed by atoms with E-state index < -0.39 is 0 Å². The van der Waals surface area contributed by atoms with Crippen molar-refractivity contribution in [3.05, 3.63) is 28.8 Å². The summed E-state index contributed by atoms with van der Waals surface area (Å²) in [5.41, 5.74) is 0.856. The van der Waals surface area contributed by atoms with Crippen LogP contribution in [0.5, 0.6) is 0 Å². The molecule has 1 aromatic rings. The van der Waals surface area contributed by atoms with Crippen LogP contribution in [0.15, 0.2) is 18.2 Å². The zero-order chi connectivity index (χ0) is 9.84. The second kappa shape index (κ2) is 4.05. The molecule has 1 aromatic carbocycles. The van der Waals surface area contributed by atoms with Crippen LogP contribution in [0, 0.1) is 0 Å². The number of nitrogens with one attached hydrogen (secondary N) is 1. The molecule has 0 fully saturated rings. The van der Waals surface area contributed by atoms with Gasteiger partial charge in [0.05, 0.1) is 5.69 Å². The van der Waals surface area contributed by atoms with E-state index in [-0.39, 0.29) is 5.91 Å². The highest BCUT2D eigenvalue weighted by Crippen LogP contribution is 2.19. The standard InChI is InChI=1S/C9H8ClNO2/c1-6(13)11-9-4-8(10)3-2-7(9)5-12/h2-5H,1H3,(H,11,13). The lowest BCUT2D eigenvalue weighted by Gasteiger charge is -2.04. The van der Waals surface area contributed by atoms with Gasteiger partial charge in [0.25, 0.3) is 0 Å². The minimum Gasteiger partial charge on any atom is -0.326 e. The second-order valence-corrected chi connectivity index (χ2v) is 2.97. The topological polar surface area (TPSA) is 46.2 Å². The van der Waals surface area contributed by atoms with Crippen molar-refractivity contribution in [2.75, 3.05) is 5.32 Å². The first-order valence-corrected chi connectivity index (χ1v) is 4.03. The molecule has 4 heteroatoms. The summed E-state index contributed by atoms with van der Waals surface area (Å²) >= 11 is 5.69. The first-order valence-electron chi connectivity index (χ1n) is 3.66. The molecule has 1 rings (SSSR count). The van der Waals surface area contributed by atoms with Crippen molar-refractivity contribution < 1.29 is 9.59 Å². The van der Waals surface area contributed by atoms with Crippen LogP contribution in [-0.4, -0.2) is 12.2 Å². The number of benzene rings is 1. The number of rotatable bonds is 2. The van der Waals surface area contributed by atoms with Gasteiger partial charge < -0.3 is 5.32 Å². The zero-order valence-electron chi connectivity index (χ0n) is 7.00. The van der Waals surface area contributed by atoms with Crippen LogP contribution in [0.1, 0.15) is 17.3 Å². The van der Waals surface area contributed by atoms with Gasteiger partial charge in [0.2, 0.25) is 5.91 Å². The van der Waals surface area contributed by atoms with Crippen molar-refractivity contribution in [3.63, 3.8) is 0 Å². The molecule has 0 aromatic heterocycles. The molecule has 0 aliphatic carbocycles. The highest BCUT2D eigenvalue weighted by Gasteiger charge is 2.03. The molecule has 0 heterocycles. The Morgan fingerprint density at radius 1 is 1.54 bits per heavy atom. The van der Waals surface area contributed by atoms with Crippen LogP contribution in [-0.2, 0) is 4.79 Å². The number of anilines is 1. The summed E-state index contributed by atoms with van der Waals surface area (Å²) in [6.07, 6.45) is 0.668. The molecule has 3 nitrogen and oxygen atoms in total. The van der Waals surface area contributed by atoms with Gasteiger partial charge in [0, 0.05) is 17.5 Å². The van der Waals surface area contributed by atoms with Crippen LogP contribution in [0.2, 0.25) is 5.02 Å². The van der Waals surface area contributed by atoms with Crippen LogP contribution >= 0.6 is 11.6 Å². The fourth-order valence-corrected chi connectivity index (χ4v) is 1.10. The largest absolute Gasteiger partial charge is 0.326 e. The number of halogens is 1. The van der Waals surface area contributed by atoms with Crippen molar-refractivity contribution in [1.82, 2.24) is 0 Å². The Morgan fingerprint density at radius 2 is 2.23 bits per heavy atom. The summed E-state index contributed by atoms with van der Waals surface area (Å²) in [7, 11) is 0. The molecule has 0 bridgehead atoms. The van der Waals surface area contributed by atoms with Gasteiger partial charge in [-0.3, -0.25) is 9.59 Å². The van der Waals surface area contributed by atoms with Gasteiger partial charge in [-0.25, -0.2) is 0 Å². The molecular formula is C9H8ClNO2. The number of hydrogen-bond acceptors (Lipinski definition) is 2. The summed E-state index contributed by atoms with van der Waals surface area (Å²) in [6, 6.07) is 4.68. The molecule has 0 unspecified atom stereocenters. The molecule has 1 N–H and O–H groups in total. The first kappa shape index (κ1) is 9.74. The lowest BCUT2D eigenvalue weighted by Crippen LogP contribution is -2.07. The van der Waals surface area contributed by atoms with Crippen LogP contribution in [0.3, 0.4) is 0 Å². The predicted octanol–water partition coefficient (Wildman–Crippen LogP) is 2.11. The Bertz CT molecular complexity index is 349. The maximum absolute atomic E-state index is 10.7. The molecule has 13 heavy (non-hydrogen) atoms. The van der Waals surface area contributed by atoms with Crippen LogP contribution in [0.4, 0.5) is 5.69 Å². The molecule has 0 aliphatic heterocycles. The fourth-order valence-electron chi connectivity index (χ4n) is 0.929. The van der Waals surface area contributed by atoms with Gasteiger partial charge in [-0.2, -0.15) is 0 Å². The third-order valence-electron chi connectivity index (χ3n) is 1.45. The molecule has 1 amide bonds. The fraction of sp³-hybridized carbons (Fsp3) is 0.111. The molecule has 0 saturated carbocycles. The van der Waals surface area contributed by atoms with E-state index in [1.807, 2.05) is 0 Å². The number of amides is 1. The Balaban J connectivity index is 3.07. The van der Waals surface area contributed by atoms with E-state index in [0.29, 0.717) is 22.6 Å². The van der Waals surface area contributed by atoms with Crippen molar-refractivity contribution >= 4 is 29.5 Å². The van der Waals surface area contributed by atoms with Crippen LogP contribution < -0.4 is 5.32 Å². The van der Waals surface area contributed by atoms with Crippen molar-refractivity contribution in [3.8, 4) is 0 Å². The van der Waals surface area contributed by atoms with Gasteiger partial charge in [0.1, 0.15) is 0 Å². The Labute approximate surface area is 80.7 Å². The van der Waals surface area contributed by atoms with Crippen molar-refractivity contribution in [1.29, 1.82) is 0 Å². The van der Waals surface area contributed by atoms with E-state index in [9.17, 15) is 9.59 Å². The summed E-state index contributed by atoms with van der Waals surface area (Å²) in [5.74, 6) is -0.231. The average Bonchev–Trinajstić information content (AvgIpc) is 2.03. The smallest absolute Gasteiger partial charge is 0.221 e. The van der Waals surface area contributed by atoms with Gasteiger partial charge >= 0.3 is 0 Å². The molecule has 68 valence electrons. The Morgan fingerprint density at radius 3 is 2.77 bits per heavy atom. The van der Waals surface area contributed by atoms with Gasteiger partial charge in [-0.15, -0.1) is 0 Å². The highest BCUT2D eigenvalue weighted by atomic mass is 35.5. The lowest BCUT2D eigenvalue weighted by atomic mass is 10.2. The average molecular weight is 198 g/mol. The van der Waals surface area contributed by atoms with E-state index in [0.717, 1.165) is 0 Å². The summed E-state index contributed by atoms with van der Waals surface area (Å²) in [5, 5.41) is 2.99. The number of carbonyl (C=O) groups is 2. The Hall–Kier alpha value is -1.35. The maximum Gasteiger partial charge on any atom is 0.221 e. The van der Waals surface area contributed by atoms with Gasteiger partial charge in [0.15, 0.2) is 6.29 Å². The van der Waals surface area contributed by atoms with E-state index in [1.165, 1.54) is 13.0 Å². The summed E-state index contributed by atoms with van der Waals surface area (Å²) < 4.78 is 0. The van der Waals surface area contributed by atoms with E-state index >= 15 is 0 Å². The highest BCUT2D eigenvalue weighted by molar-refractivity contribution is 6.31. The van der Waals surface area contributed by atoms with E-state index in [2.05, 4.69) is 5.32 Å². The SMILES string of the molecule is CC(=O)Nc1cc(Cl)ccc1C=O. The minimum atomic E-state index is -0.231. The first-order chi connectivity index (χ1) is 6.13. The van der Waals surface area contributed by atoms with Crippen molar-refractivity contribution in [2.24, 2.45) is 0 Å². The summed E-state index contributed by atoms with van der Waals surface area (Å²) in [4.78, 5) is 21.2. The van der Waals surface area contributed by atoms with Crippen LogP contribution in [0.25, 0.3) is 0 Å². The van der Waals surface area contributed by atoms with E-state index in [1.54, 1.807) is 12.1 Å². The molecule has 0 radical (unpaired) electrons. The third-order valence-corrected chi connectivity index (χ3v) is 1.69. The maximum atomic E-state index is 10.7. The Kier molecular flexibility index (Phi) is 3.03. The van der Waals surface area contributed by atoms with Gasteiger partial charge in [-0.1, -0.05) is 11.6 Å². The van der Waals surface area contributed by atoms with E-state index in [4.69, 9.17) is 11.6 Å². The number of hydrogen-bond donors (Lipinski definition) is 1. The molecule has 0 atom stereocenters. The quantitative estimate of drug-likeness (QED) is 0.739. The zero-order valence-corrected chi connectivity index (χ0v) is 7.76. The van der Waals surface area contributed by atoms with Crippen molar-refractivity contribution in [2.45, 2.75) is 6.92 Å². The monoisotopic (exact) mass is 197 g/mol. The molecule has 0 spiro atoms. The summed E-state index contributed by atoms with van der Waals surface area (Å²) in [6.45, 7) is 1.37. The normalized spacial score (nSPS) is 9.38.